The maximum absolute atomic E-state index is 10.8. The molecule has 3 nitrogen and oxygen atoms in total. The number of hydrogen-bond acceptors (Lipinski definition) is 3. The van der Waals surface area contributed by atoms with Crippen molar-refractivity contribution in [3.05, 3.63) is 12.2 Å². The summed E-state index contributed by atoms with van der Waals surface area (Å²) < 4.78 is 4.43. The number of methoxy groups -OCH3 is 1. The van der Waals surface area contributed by atoms with Crippen molar-refractivity contribution in [2.75, 3.05) is 14.2 Å². The Hall–Kier alpha value is -1.12. The van der Waals surface area contributed by atoms with Crippen molar-refractivity contribution in [1.29, 1.82) is 0 Å². The number of nitrogens with zero attached hydrogens (tertiary/aromatic N) is 1. The zero-order chi connectivity index (χ0) is 8.15. The van der Waals surface area contributed by atoms with Crippen LogP contribution in [0.5, 0.6) is 0 Å². The van der Waals surface area contributed by atoms with Crippen molar-refractivity contribution in [3.63, 3.8) is 0 Å². The molecule has 0 unspecified atom stereocenters. The van der Waals surface area contributed by atoms with Crippen molar-refractivity contribution < 1.29 is 9.53 Å². The first kappa shape index (κ1) is 8.88. The van der Waals surface area contributed by atoms with E-state index in [4.69, 9.17) is 0 Å². The second-order valence-corrected chi connectivity index (χ2v) is 1.84. The van der Waals surface area contributed by atoms with Crippen LogP contribution in [0.4, 0.5) is 0 Å². The van der Waals surface area contributed by atoms with Crippen molar-refractivity contribution in [2.24, 2.45) is 4.99 Å². The van der Waals surface area contributed by atoms with Gasteiger partial charge in [-0.1, -0.05) is 6.58 Å². The number of hydrogen-bond donors (Lipinski definition) is 0. The van der Waals surface area contributed by atoms with Crippen LogP contribution in [0.3, 0.4) is 0 Å². The maximum atomic E-state index is 10.8. The number of ether oxygens (including phenoxy) is 1. The molecule has 56 valence electrons. The summed E-state index contributed by atoms with van der Waals surface area (Å²) in [5, 5.41) is 0. The lowest BCUT2D eigenvalue weighted by Gasteiger charge is -2.00. The first-order valence-corrected chi connectivity index (χ1v) is 2.84. The molecule has 0 aliphatic heterocycles. The first-order chi connectivity index (χ1) is 4.63. The van der Waals surface area contributed by atoms with E-state index in [1.807, 2.05) is 0 Å². The Morgan fingerprint density at radius 2 is 2.10 bits per heavy atom. The minimum atomic E-state index is -0.435. The quantitative estimate of drug-likeness (QED) is 0.421. The molecule has 0 heterocycles. The Balaban J connectivity index is 4.39. The number of carbonyl (C=O) groups is 1. The molecular weight excluding hydrogens is 130 g/mol. The van der Waals surface area contributed by atoms with Crippen molar-refractivity contribution >= 4 is 11.7 Å². The lowest BCUT2D eigenvalue weighted by atomic mass is 10.2. The highest BCUT2D eigenvalue weighted by Gasteiger charge is 2.09. The molecule has 0 radical (unpaired) electrons. The molecule has 0 rings (SSSR count). The van der Waals surface area contributed by atoms with Crippen LogP contribution in [-0.2, 0) is 9.53 Å². The van der Waals surface area contributed by atoms with Gasteiger partial charge in [-0.2, -0.15) is 0 Å². The Morgan fingerprint density at radius 3 is 2.20 bits per heavy atom. The average Bonchev–Trinajstić information content (AvgIpc) is 1.88. The SMILES string of the molecule is C=C(C)C(=NC)C(=O)OC. The molecule has 0 fully saturated rings. The van der Waals surface area contributed by atoms with E-state index in [0.717, 1.165) is 0 Å². The van der Waals surface area contributed by atoms with Crippen LogP contribution in [0.25, 0.3) is 0 Å². The zero-order valence-electron chi connectivity index (χ0n) is 6.47. The fourth-order valence-corrected chi connectivity index (χ4v) is 0.553. The van der Waals surface area contributed by atoms with Crippen LogP contribution < -0.4 is 0 Å². The standard InChI is InChI=1S/C7H11NO2/c1-5(2)6(8-3)7(9)10-4/h1H2,2-4H3. The summed E-state index contributed by atoms with van der Waals surface area (Å²) in [6, 6.07) is 0. The van der Waals surface area contributed by atoms with Crippen LogP contribution in [-0.4, -0.2) is 25.8 Å². The van der Waals surface area contributed by atoms with E-state index in [2.05, 4.69) is 16.3 Å². The van der Waals surface area contributed by atoms with Gasteiger partial charge in [-0.3, -0.25) is 4.99 Å². The summed E-state index contributed by atoms with van der Waals surface area (Å²) in [6.45, 7) is 5.27. The fourth-order valence-electron chi connectivity index (χ4n) is 0.553. The van der Waals surface area contributed by atoms with E-state index >= 15 is 0 Å². The smallest absolute Gasteiger partial charge is 0.356 e. The van der Waals surface area contributed by atoms with E-state index < -0.39 is 5.97 Å². The van der Waals surface area contributed by atoms with Gasteiger partial charge in [0.25, 0.3) is 0 Å². The summed E-state index contributed by atoms with van der Waals surface area (Å²) in [4.78, 5) is 14.5. The molecule has 0 aromatic heterocycles. The molecule has 0 aromatic carbocycles. The topological polar surface area (TPSA) is 38.7 Å². The van der Waals surface area contributed by atoms with Gasteiger partial charge in [-0.15, -0.1) is 0 Å². The molecule has 3 heteroatoms. The van der Waals surface area contributed by atoms with Gasteiger partial charge in [0.1, 0.15) is 5.71 Å². The van der Waals surface area contributed by atoms with Crippen LogP contribution >= 0.6 is 0 Å². The largest absolute Gasteiger partial charge is 0.464 e. The summed E-state index contributed by atoms with van der Waals surface area (Å²) >= 11 is 0. The van der Waals surface area contributed by atoms with Crippen LogP contribution in [0, 0.1) is 0 Å². The summed E-state index contributed by atoms with van der Waals surface area (Å²) in [5.74, 6) is -0.435. The molecule has 0 spiro atoms. The summed E-state index contributed by atoms with van der Waals surface area (Å²) in [6.07, 6.45) is 0. The third kappa shape index (κ3) is 2.01. The van der Waals surface area contributed by atoms with Crippen LogP contribution in [0.2, 0.25) is 0 Å². The predicted octanol–water partition coefficient (Wildman–Crippen LogP) is 0.806. The molecule has 0 amide bonds. The Morgan fingerprint density at radius 1 is 1.60 bits per heavy atom. The highest BCUT2D eigenvalue weighted by atomic mass is 16.5. The first-order valence-electron chi connectivity index (χ1n) is 2.84. The molecular formula is C7H11NO2. The van der Waals surface area contributed by atoms with E-state index in [1.165, 1.54) is 14.2 Å². The number of carbonyl (C=O) groups excluding carboxylic acids is 1. The Bertz CT molecular complexity index is 182. The van der Waals surface area contributed by atoms with Crippen molar-refractivity contribution in [2.45, 2.75) is 6.92 Å². The highest BCUT2D eigenvalue weighted by molar-refractivity contribution is 6.42. The highest BCUT2D eigenvalue weighted by Crippen LogP contribution is 1.94. The number of esters is 1. The Labute approximate surface area is 60.4 Å². The van der Waals surface area contributed by atoms with Gasteiger partial charge in [-0.25, -0.2) is 4.79 Å². The third-order valence-electron chi connectivity index (χ3n) is 1.01. The van der Waals surface area contributed by atoms with E-state index in [0.29, 0.717) is 11.3 Å². The summed E-state index contributed by atoms with van der Waals surface area (Å²) in [7, 11) is 2.84. The normalized spacial score (nSPS) is 10.9. The van der Waals surface area contributed by atoms with Gasteiger partial charge in [0.15, 0.2) is 0 Å². The Kier molecular flexibility index (Phi) is 3.39. The van der Waals surface area contributed by atoms with Crippen molar-refractivity contribution in [3.8, 4) is 0 Å². The summed E-state index contributed by atoms with van der Waals surface area (Å²) in [5.41, 5.74) is 0.914. The van der Waals surface area contributed by atoms with E-state index in [9.17, 15) is 4.79 Å². The average molecular weight is 141 g/mol. The van der Waals surface area contributed by atoms with Gasteiger partial charge >= 0.3 is 5.97 Å². The van der Waals surface area contributed by atoms with Crippen LogP contribution in [0.1, 0.15) is 6.92 Å². The van der Waals surface area contributed by atoms with E-state index in [1.54, 1.807) is 6.92 Å². The fraction of sp³-hybridized carbons (Fsp3) is 0.429. The van der Waals surface area contributed by atoms with Crippen LogP contribution in [0.15, 0.2) is 17.1 Å². The zero-order valence-corrected chi connectivity index (χ0v) is 6.47. The minimum absolute atomic E-state index is 0.294. The molecule has 0 aliphatic rings. The molecule has 10 heavy (non-hydrogen) atoms. The molecule has 0 aliphatic carbocycles. The number of aliphatic imine (C=N–C) groups is 1. The molecule has 0 saturated heterocycles. The number of rotatable bonds is 2. The van der Waals surface area contributed by atoms with Gasteiger partial charge in [0.2, 0.25) is 0 Å². The molecule has 0 N–H and O–H groups in total. The lowest BCUT2D eigenvalue weighted by Crippen LogP contribution is -2.16. The van der Waals surface area contributed by atoms with Gasteiger partial charge in [0.05, 0.1) is 7.11 Å². The monoisotopic (exact) mass is 141 g/mol. The van der Waals surface area contributed by atoms with Gasteiger partial charge in [-0.05, 0) is 12.5 Å². The van der Waals surface area contributed by atoms with Gasteiger partial charge in [0, 0.05) is 7.05 Å². The maximum Gasteiger partial charge on any atom is 0.356 e. The molecule has 0 atom stereocenters. The lowest BCUT2D eigenvalue weighted by molar-refractivity contribution is -0.132. The second kappa shape index (κ2) is 3.82. The van der Waals surface area contributed by atoms with Gasteiger partial charge < -0.3 is 4.74 Å². The molecule has 0 bridgehead atoms. The van der Waals surface area contributed by atoms with E-state index in [-0.39, 0.29) is 0 Å². The molecule has 0 aromatic rings. The third-order valence-corrected chi connectivity index (χ3v) is 1.01. The minimum Gasteiger partial charge on any atom is -0.464 e. The predicted molar refractivity (Wildman–Crippen MR) is 40.2 cm³/mol. The second-order valence-electron chi connectivity index (χ2n) is 1.84. The molecule has 0 saturated carbocycles. The van der Waals surface area contributed by atoms with Crippen molar-refractivity contribution in [1.82, 2.24) is 0 Å².